The average Bonchev–Trinajstić information content (AvgIpc) is 3.08. The van der Waals surface area contributed by atoms with Crippen LogP contribution >= 0.6 is 0 Å². The van der Waals surface area contributed by atoms with Crippen LogP contribution in [0.25, 0.3) is 0 Å². The van der Waals surface area contributed by atoms with Crippen molar-refractivity contribution >= 4 is 17.5 Å². The molecule has 6 heteroatoms. The number of carbonyl (C=O) groups is 2. The second-order valence-electron chi connectivity index (χ2n) is 8.15. The number of nitrogens with one attached hydrogen (secondary N) is 1. The first-order valence-electron chi connectivity index (χ1n) is 10.7. The van der Waals surface area contributed by atoms with E-state index in [-0.39, 0.29) is 17.9 Å². The molecular weight excluding hydrogens is 378 g/mol. The van der Waals surface area contributed by atoms with Crippen LogP contribution in [-0.4, -0.2) is 53.9 Å². The van der Waals surface area contributed by atoms with Crippen molar-refractivity contribution in [2.24, 2.45) is 0 Å². The summed E-state index contributed by atoms with van der Waals surface area (Å²) < 4.78 is 6.07. The largest absolute Gasteiger partial charge is 0.490 e. The molecule has 2 aromatic carbocycles. The summed E-state index contributed by atoms with van der Waals surface area (Å²) in [5.41, 5.74) is 2.38. The first-order chi connectivity index (χ1) is 14.5. The smallest absolute Gasteiger partial charge is 0.255 e. The van der Waals surface area contributed by atoms with E-state index in [4.69, 9.17) is 4.74 Å². The molecule has 0 aromatic heterocycles. The number of piperidine rings is 1. The van der Waals surface area contributed by atoms with Gasteiger partial charge in [0.05, 0.1) is 0 Å². The molecule has 2 amide bonds. The van der Waals surface area contributed by atoms with Crippen LogP contribution in [0.5, 0.6) is 5.75 Å². The summed E-state index contributed by atoms with van der Waals surface area (Å²) in [6.07, 6.45) is 2.86. The van der Waals surface area contributed by atoms with Gasteiger partial charge in [0.15, 0.2) is 0 Å². The number of anilines is 1. The minimum absolute atomic E-state index is 0.0746. The molecule has 158 valence electrons. The van der Waals surface area contributed by atoms with Gasteiger partial charge in [-0.05, 0) is 62.2 Å². The fourth-order valence-corrected chi connectivity index (χ4v) is 4.21. The number of benzene rings is 2. The number of carbonyl (C=O) groups excluding carboxylic acids is 2. The molecule has 0 radical (unpaired) electrons. The highest BCUT2D eigenvalue weighted by Crippen LogP contribution is 2.26. The monoisotopic (exact) mass is 407 g/mol. The first-order valence-corrected chi connectivity index (χ1v) is 10.7. The average molecular weight is 408 g/mol. The van der Waals surface area contributed by atoms with Gasteiger partial charge < -0.3 is 19.9 Å². The summed E-state index contributed by atoms with van der Waals surface area (Å²) in [5, 5.41) is 2.96. The van der Waals surface area contributed by atoms with E-state index in [1.165, 1.54) is 0 Å². The molecular formula is C24H29N3O3. The Hall–Kier alpha value is -2.86. The molecule has 1 saturated heterocycles. The minimum atomic E-state index is -0.500. The molecule has 2 heterocycles. The van der Waals surface area contributed by atoms with Crippen LogP contribution in [0.4, 0.5) is 5.69 Å². The highest BCUT2D eigenvalue weighted by atomic mass is 16.5. The van der Waals surface area contributed by atoms with Gasteiger partial charge >= 0.3 is 0 Å². The number of rotatable bonds is 6. The Labute approximate surface area is 177 Å². The van der Waals surface area contributed by atoms with Gasteiger partial charge in [0, 0.05) is 30.9 Å². The Kier molecular flexibility index (Phi) is 6.04. The third-order valence-electron chi connectivity index (χ3n) is 6.01. The van der Waals surface area contributed by atoms with E-state index >= 15 is 0 Å². The van der Waals surface area contributed by atoms with Gasteiger partial charge in [0.25, 0.3) is 5.91 Å². The van der Waals surface area contributed by atoms with Gasteiger partial charge in [0.2, 0.25) is 5.91 Å². The molecule has 2 aliphatic heterocycles. The standard InChI is InChI=1S/C24H29N3O3/c1-3-22(27-16-17-6-4-5-7-21(17)24(27)29)23(28)25-18-8-10-19(11-9-18)30-20-12-14-26(2)15-13-20/h4-11,20,22H,3,12-16H2,1-2H3,(H,25,28). The second-order valence-corrected chi connectivity index (χ2v) is 8.15. The maximum absolute atomic E-state index is 12.9. The van der Waals surface area contributed by atoms with Crippen molar-refractivity contribution in [3.8, 4) is 5.75 Å². The lowest BCUT2D eigenvalue weighted by molar-refractivity contribution is -0.120. The SMILES string of the molecule is CCC(C(=O)Nc1ccc(OC2CCN(C)CC2)cc1)N1Cc2ccccc2C1=O. The number of hydrogen-bond acceptors (Lipinski definition) is 4. The zero-order valence-electron chi connectivity index (χ0n) is 17.6. The Bertz CT molecular complexity index is 904. The second kappa shape index (κ2) is 8.88. The minimum Gasteiger partial charge on any atom is -0.490 e. The third-order valence-corrected chi connectivity index (χ3v) is 6.01. The summed E-state index contributed by atoms with van der Waals surface area (Å²) >= 11 is 0. The number of hydrogen-bond donors (Lipinski definition) is 1. The maximum Gasteiger partial charge on any atom is 0.255 e. The molecule has 1 unspecified atom stereocenters. The molecule has 0 spiro atoms. The quantitative estimate of drug-likeness (QED) is 0.796. The van der Waals surface area contributed by atoms with Crippen molar-refractivity contribution in [2.75, 3.05) is 25.5 Å². The van der Waals surface area contributed by atoms with Crippen molar-refractivity contribution in [1.82, 2.24) is 9.80 Å². The van der Waals surface area contributed by atoms with Gasteiger partial charge in [0.1, 0.15) is 17.9 Å². The first kappa shape index (κ1) is 20.4. The topological polar surface area (TPSA) is 61.9 Å². The lowest BCUT2D eigenvalue weighted by Gasteiger charge is -2.29. The highest BCUT2D eigenvalue weighted by Gasteiger charge is 2.35. The van der Waals surface area contributed by atoms with E-state index < -0.39 is 6.04 Å². The van der Waals surface area contributed by atoms with E-state index in [2.05, 4.69) is 17.3 Å². The molecule has 2 aromatic rings. The van der Waals surface area contributed by atoms with Crippen LogP contribution in [0.3, 0.4) is 0 Å². The van der Waals surface area contributed by atoms with Crippen LogP contribution in [0, 0.1) is 0 Å². The fraction of sp³-hybridized carbons (Fsp3) is 0.417. The number of nitrogens with zero attached hydrogens (tertiary/aromatic N) is 2. The number of ether oxygens (including phenoxy) is 1. The fourth-order valence-electron chi connectivity index (χ4n) is 4.21. The lowest BCUT2D eigenvalue weighted by Crippen LogP contribution is -2.43. The molecule has 0 bridgehead atoms. The van der Waals surface area contributed by atoms with Crippen LogP contribution in [0.1, 0.15) is 42.1 Å². The van der Waals surface area contributed by atoms with Crippen molar-refractivity contribution in [1.29, 1.82) is 0 Å². The van der Waals surface area contributed by atoms with Crippen LogP contribution < -0.4 is 10.1 Å². The molecule has 0 aliphatic carbocycles. The summed E-state index contributed by atoms with van der Waals surface area (Å²) in [7, 11) is 2.13. The van der Waals surface area contributed by atoms with E-state index in [0.717, 1.165) is 37.2 Å². The normalized spacial score (nSPS) is 18.2. The summed E-state index contributed by atoms with van der Waals surface area (Å²) in [6.45, 7) is 4.51. The molecule has 1 atom stereocenters. The highest BCUT2D eigenvalue weighted by molar-refractivity contribution is 6.03. The van der Waals surface area contributed by atoms with Crippen molar-refractivity contribution < 1.29 is 14.3 Å². The van der Waals surface area contributed by atoms with Crippen LogP contribution in [-0.2, 0) is 11.3 Å². The van der Waals surface area contributed by atoms with E-state index in [1.807, 2.05) is 55.5 Å². The molecule has 2 aliphatic rings. The summed E-state index contributed by atoms with van der Waals surface area (Å²) in [5.74, 6) is 0.580. The Morgan fingerprint density at radius 1 is 1.13 bits per heavy atom. The van der Waals surface area contributed by atoms with E-state index in [0.29, 0.717) is 24.2 Å². The molecule has 4 rings (SSSR count). The summed E-state index contributed by atoms with van der Waals surface area (Å²) in [4.78, 5) is 29.6. The zero-order chi connectivity index (χ0) is 21.1. The maximum atomic E-state index is 12.9. The van der Waals surface area contributed by atoms with Gasteiger partial charge in [-0.15, -0.1) is 0 Å². The predicted molar refractivity (Wildman–Crippen MR) is 117 cm³/mol. The van der Waals surface area contributed by atoms with Gasteiger partial charge in [-0.1, -0.05) is 25.1 Å². The lowest BCUT2D eigenvalue weighted by atomic mass is 10.1. The van der Waals surface area contributed by atoms with E-state index in [9.17, 15) is 9.59 Å². The predicted octanol–water partition coefficient (Wildman–Crippen LogP) is 3.53. The van der Waals surface area contributed by atoms with E-state index in [1.54, 1.807) is 4.90 Å². The molecule has 0 saturated carbocycles. The van der Waals surface area contributed by atoms with Gasteiger partial charge in [-0.25, -0.2) is 0 Å². The Morgan fingerprint density at radius 2 is 1.83 bits per heavy atom. The Morgan fingerprint density at radius 3 is 2.50 bits per heavy atom. The van der Waals surface area contributed by atoms with Gasteiger partial charge in [-0.2, -0.15) is 0 Å². The third kappa shape index (κ3) is 4.33. The van der Waals surface area contributed by atoms with Crippen LogP contribution in [0.15, 0.2) is 48.5 Å². The molecule has 30 heavy (non-hydrogen) atoms. The number of likely N-dealkylation sites (tertiary alicyclic amines) is 1. The number of fused-ring (bicyclic) bond motifs is 1. The Balaban J connectivity index is 1.36. The van der Waals surface area contributed by atoms with Crippen molar-refractivity contribution in [3.63, 3.8) is 0 Å². The number of amides is 2. The zero-order valence-corrected chi connectivity index (χ0v) is 17.6. The summed E-state index contributed by atoms with van der Waals surface area (Å²) in [6, 6.07) is 14.6. The molecule has 1 fully saturated rings. The molecule has 1 N–H and O–H groups in total. The van der Waals surface area contributed by atoms with Crippen LogP contribution in [0.2, 0.25) is 0 Å². The van der Waals surface area contributed by atoms with Gasteiger partial charge in [-0.3, -0.25) is 9.59 Å². The van der Waals surface area contributed by atoms with Crippen molar-refractivity contribution in [3.05, 3.63) is 59.7 Å². The van der Waals surface area contributed by atoms with Crippen molar-refractivity contribution in [2.45, 2.75) is 44.9 Å². The molecule has 6 nitrogen and oxygen atoms in total.